The maximum atomic E-state index is 6.22. The van der Waals surface area contributed by atoms with Gasteiger partial charge >= 0.3 is 0 Å². The van der Waals surface area contributed by atoms with Crippen molar-refractivity contribution in [3.8, 4) is 0 Å². The van der Waals surface area contributed by atoms with Gasteiger partial charge in [-0.1, -0.05) is 31.2 Å². The maximum Gasteiger partial charge on any atom is 0.0615 e. The predicted molar refractivity (Wildman–Crippen MR) is 84.0 cm³/mol. The van der Waals surface area contributed by atoms with Crippen LogP contribution in [0.4, 0.5) is 0 Å². The van der Waals surface area contributed by atoms with E-state index in [0.717, 1.165) is 32.4 Å². The monoisotopic (exact) mass is 276 g/mol. The maximum absolute atomic E-state index is 6.22. The summed E-state index contributed by atoms with van der Waals surface area (Å²) in [5.41, 5.74) is 9.27. The summed E-state index contributed by atoms with van der Waals surface area (Å²) < 4.78 is 5.35. The third-order valence-electron chi connectivity index (χ3n) is 4.77. The van der Waals surface area contributed by atoms with Gasteiger partial charge in [0.1, 0.15) is 0 Å². The molecule has 0 spiro atoms. The molecule has 1 aromatic carbocycles. The molecule has 20 heavy (non-hydrogen) atoms. The Morgan fingerprint density at radius 3 is 2.65 bits per heavy atom. The Bertz CT molecular complexity index is 435. The van der Waals surface area contributed by atoms with Crippen molar-refractivity contribution in [2.24, 2.45) is 5.73 Å². The van der Waals surface area contributed by atoms with Crippen molar-refractivity contribution in [3.05, 3.63) is 35.4 Å². The highest BCUT2D eigenvalue weighted by Gasteiger charge is 2.39. The van der Waals surface area contributed by atoms with Crippen LogP contribution in [0.1, 0.15) is 31.4 Å². The number of fused-ring (bicyclic) bond motifs is 1. The van der Waals surface area contributed by atoms with Gasteiger partial charge < -0.3 is 10.5 Å². The lowest BCUT2D eigenvalue weighted by Crippen LogP contribution is -2.60. The van der Waals surface area contributed by atoms with E-state index < -0.39 is 0 Å². The van der Waals surface area contributed by atoms with E-state index in [0.29, 0.717) is 12.6 Å². The van der Waals surface area contributed by atoms with Crippen molar-refractivity contribution in [3.63, 3.8) is 0 Å². The molecule has 0 saturated carbocycles. The topological polar surface area (TPSA) is 38.5 Å². The quantitative estimate of drug-likeness (QED) is 0.866. The summed E-state index contributed by atoms with van der Waals surface area (Å²) in [6, 6.07) is 9.19. The highest BCUT2D eigenvalue weighted by molar-refractivity contribution is 5.32. The van der Waals surface area contributed by atoms with Crippen molar-refractivity contribution in [1.29, 1.82) is 0 Å². The molecule has 0 radical (unpaired) electrons. The Morgan fingerprint density at radius 2 is 2.05 bits per heavy atom. The van der Waals surface area contributed by atoms with Crippen molar-refractivity contribution in [2.45, 2.75) is 44.7 Å². The lowest BCUT2D eigenvalue weighted by molar-refractivity contribution is 0.0120. The first-order chi connectivity index (χ1) is 9.66. The number of nitrogens with zero attached hydrogens (tertiary/aromatic N) is 1. The summed E-state index contributed by atoms with van der Waals surface area (Å²) in [5.74, 6) is 0. The molecule has 2 N–H and O–H groups in total. The summed E-state index contributed by atoms with van der Waals surface area (Å²) in [5, 5.41) is 0. The third kappa shape index (κ3) is 2.90. The van der Waals surface area contributed by atoms with E-state index in [1.807, 2.05) is 0 Å². The van der Waals surface area contributed by atoms with Crippen LogP contribution in [0.25, 0.3) is 0 Å². The molecule has 0 heterocycles. The van der Waals surface area contributed by atoms with Crippen LogP contribution in [0.3, 0.4) is 0 Å². The number of aryl methyl sites for hydroxylation is 1. The first-order valence-electron chi connectivity index (χ1n) is 7.69. The summed E-state index contributed by atoms with van der Waals surface area (Å²) in [6.45, 7) is 6.96. The molecule has 2 unspecified atom stereocenters. The van der Waals surface area contributed by atoms with Gasteiger partial charge in [0.05, 0.1) is 6.61 Å². The summed E-state index contributed by atoms with van der Waals surface area (Å²) >= 11 is 0. The first kappa shape index (κ1) is 15.5. The zero-order valence-electron chi connectivity index (χ0n) is 13.1. The Labute approximate surface area is 123 Å². The normalized spacial score (nSPS) is 23.6. The molecular weight excluding hydrogens is 248 g/mol. The summed E-state index contributed by atoms with van der Waals surface area (Å²) in [4.78, 5) is 2.55. The number of likely N-dealkylation sites (N-methyl/N-ethyl adjacent to an activating group) is 1. The number of nitrogens with two attached hydrogens (primary N) is 1. The second-order valence-electron chi connectivity index (χ2n) is 5.96. The SMILES string of the molecule is CCN(C(C)COC)C1(CN)CCc2ccccc2C1. The highest BCUT2D eigenvalue weighted by Crippen LogP contribution is 2.34. The van der Waals surface area contributed by atoms with Crippen LogP contribution in [0.2, 0.25) is 0 Å². The van der Waals surface area contributed by atoms with Crippen LogP contribution in [0.15, 0.2) is 24.3 Å². The van der Waals surface area contributed by atoms with Crippen LogP contribution in [0.5, 0.6) is 0 Å². The number of hydrogen-bond acceptors (Lipinski definition) is 3. The van der Waals surface area contributed by atoms with Crippen molar-refractivity contribution < 1.29 is 4.74 Å². The van der Waals surface area contributed by atoms with E-state index in [-0.39, 0.29) is 5.54 Å². The average molecular weight is 276 g/mol. The molecule has 0 amide bonds. The fourth-order valence-corrected chi connectivity index (χ4v) is 3.77. The number of methoxy groups -OCH3 is 1. The molecule has 1 aliphatic rings. The molecule has 0 aliphatic heterocycles. The van der Waals surface area contributed by atoms with Crippen LogP contribution in [-0.4, -0.2) is 43.3 Å². The Kier molecular flexibility index (Phi) is 5.19. The molecule has 1 aliphatic carbocycles. The van der Waals surface area contributed by atoms with Gasteiger partial charge in [-0.15, -0.1) is 0 Å². The van der Waals surface area contributed by atoms with Crippen LogP contribution in [-0.2, 0) is 17.6 Å². The minimum atomic E-state index is 0.0844. The molecule has 0 saturated heterocycles. The number of ether oxygens (including phenoxy) is 1. The zero-order chi connectivity index (χ0) is 14.6. The van der Waals surface area contributed by atoms with Gasteiger partial charge in [0.2, 0.25) is 0 Å². The van der Waals surface area contributed by atoms with Gasteiger partial charge in [0.25, 0.3) is 0 Å². The number of rotatable bonds is 6. The lowest BCUT2D eigenvalue weighted by Gasteiger charge is -2.48. The van der Waals surface area contributed by atoms with Crippen molar-refractivity contribution in [2.75, 3.05) is 26.8 Å². The zero-order valence-corrected chi connectivity index (χ0v) is 13.1. The summed E-state index contributed by atoms with van der Waals surface area (Å²) in [6.07, 6.45) is 3.33. The minimum Gasteiger partial charge on any atom is -0.383 e. The Hall–Kier alpha value is -0.900. The molecule has 2 atom stereocenters. The lowest BCUT2D eigenvalue weighted by atomic mass is 9.76. The Balaban J connectivity index is 2.26. The predicted octanol–water partition coefficient (Wildman–Crippen LogP) is 2.23. The van der Waals surface area contributed by atoms with Crippen LogP contribution >= 0.6 is 0 Å². The van der Waals surface area contributed by atoms with Gasteiger partial charge in [0, 0.05) is 25.2 Å². The largest absolute Gasteiger partial charge is 0.383 e. The molecular formula is C17H28N2O. The smallest absolute Gasteiger partial charge is 0.0615 e. The molecule has 1 aromatic rings. The molecule has 0 aromatic heterocycles. The fourth-order valence-electron chi connectivity index (χ4n) is 3.77. The van der Waals surface area contributed by atoms with Crippen molar-refractivity contribution >= 4 is 0 Å². The van der Waals surface area contributed by atoms with E-state index in [1.54, 1.807) is 7.11 Å². The van der Waals surface area contributed by atoms with Gasteiger partial charge in [-0.3, -0.25) is 4.90 Å². The second-order valence-corrected chi connectivity index (χ2v) is 5.96. The molecule has 112 valence electrons. The minimum absolute atomic E-state index is 0.0844. The summed E-state index contributed by atoms with van der Waals surface area (Å²) in [7, 11) is 1.77. The van der Waals surface area contributed by atoms with E-state index >= 15 is 0 Å². The fraction of sp³-hybridized carbons (Fsp3) is 0.647. The van der Waals surface area contributed by atoms with Gasteiger partial charge in [-0.25, -0.2) is 0 Å². The standard InChI is InChI=1S/C17H28N2O/c1-4-19(14(2)12-20-3)17(13-18)10-9-15-7-5-6-8-16(15)11-17/h5-8,14H,4,9-13,18H2,1-3H3. The van der Waals surface area contributed by atoms with Gasteiger partial charge in [0.15, 0.2) is 0 Å². The highest BCUT2D eigenvalue weighted by atomic mass is 16.5. The third-order valence-corrected chi connectivity index (χ3v) is 4.77. The number of hydrogen-bond donors (Lipinski definition) is 1. The van der Waals surface area contributed by atoms with E-state index in [1.165, 1.54) is 11.1 Å². The number of benzene rings is 1. The van der Waals surface area contributed by atoms with Crippen LogP contribution in [0, 0.1) is 0 Å². The first-order valence-corrected chi connectivity index (χ1v) is 7.69. The Morgan fingerprint density at radius 1 is 1.35 bits per heavy atom. The molecule has 0 bridgehead atoms. The van der Waals surface area contributed by atoms with E-state index in [9.17, 15) is 0 Å². The van der Waals surface area contributed by atoms with Gasteiger partial charge in [-0.05, 0) is 43.9 Å². The van der Waals surface area contributed by atoms with Crippen LogP contribution < -0.4 is 5.73 Å². The molecule has 3 heteroatoms. The van der Waals surface area contributed by atoms with Gasteiger partial charge in [-0.2, -0.15) is 0 Å². The molecule has 0 fully saturated rings. The second kappa shape index (κ2) is 6.70. The van der Waals surface area contributed by atoms with Crippen molar-refractivity contribution in [1.82, 2.24) is 4.90 Å². The van der Waals surface area contributed by atoms with E-state index in [4.69, 9.17) is 10.5 Å². The molecule has 2 rings (SSSR count). The van der Waals surface area contributed by atoms with E-state index in [2.05, 4.69) is 43.0 Å². The molecule has 3 nitrogen and oxygen atoms in total. The average Bonchev–Trinajstić information content (AvgIpc) is 2.48.